The van der Waals surface area contributed by atoms with Crippen molar-refractivity contribution in [2.75, 3.05) is 43.5 Å². The van der Waals surface area contributed by atoms with Gasteiger partial charge >= 0.3 is 0 Å². The summed E-state index contributed by atoms with van der Waals surface area (Å²) in [5, 5.41) is 3.67. The number of carbonyl (C=O) groups excluding carboxylic acids is 1. The molecular weight excluding hydrogens is 385 g/mol. The first-order valence-electron chi connectivity index (χ1n) is 8.87. The fraction of sp³-hybridized carbons (Fsp3) is 0.350. The Morgan fingerprint density at radius 1 is 1.07 bits per heavy atom. The number of nitrogens with one attached hydrogen (secondary N) is 1. The van der Waals surface area contributed by atoms with Crippen LogP contribution in [0.25, 0.3) is 0 Å². The van der Waals surface area contributed by atoms with Crippen LogP contribution in [-0.4, -0.2) is 50.1 Å². The number of amides is 1. The lowest BCUT2D eigenvalue weighted by Crippen LogP contribution is -2.52. The number of methoxy groups -OCH3 is 1. The van der Waals surface area contributed by atoms with Gasteiger partial charge in [-0.15, -0.1) is 0 Å². The average molecular weight is 408 g/mol. The van der Waals surface area contributed by atoms with E-state index in [0.29, 0.717) is 15.7 Å². The van der Waals surface area contributed by atoms with E-state index < -0.39 is 0 Å². The summed E-state index contributed by atoms with van der Waals surface area (Å²) in [6, 6.07) is 13.0. The number of anilines is 2. The third-order valence-corrected chi connectivity index (χ3v) is 5.71. The van der Waals surface area contributed by atoms with Gasteiger partial charge in [0.05, 0.1) is 28.9 Å². The highest BCUT2D eigenvalue weighted by Gasteiger charge is 2.26. The molecule has 1 amide bonds. The van der Waals surface area contributed by atoms with Crippen molar-refractivity contribution in [2.45, 2.75) is 13.0 Å². The van der Waals surface area contributed by atoms with E-state index in [9.17, 15) is 4.79 Å². The van der Waals surface area contributed by atoms with Gasteiger partial charge in [0.2, 0.25) is 5.91 Å². The third-order valence-electron chi connectivity index (χ3n) is 4.89. The monoisotopic (exact) mass is 407 g/mol. The maximum atomic E-state index is 12.6. The molecule has 2 aromatic carbocycles. The lowest BCUT2D eigenvalue weighted by atomic mass is 10.2. The molecular formula is C20H23Cl2N3O2. The van der Waals surface area contributed by atoms with Crippen molar-refractivity contribution < 1.29 is 9.53 Å². The quantitative estimate of drug-likeness (QED) is 0.808. The van der Waals surface area contributed by atoms with Gasteiger partial charge in [-0.25, -0.2) is 0 Å². The SMILES string of the molecule is COc1ccc(N2CCN([C@H](C)C(=O)Nc3cccc(Cl)c3Cl)CC2)cc1. The molecule has 1 aliphatic heterocycles. The van der Waals surface area contributed by atoms with Crippen LogP contribution < -0.4 is 15.0 Å². The van der Waals surface area contributed by atoms with Crippen molar-refractivity contribution in [1.29, 1.82) is 0 Å². The molecule has 27 heavy (non-hydrogen) atoms. The maximum Gasteiger partial charge on any atom is 0.241 e. The van der Waals surface area contributed by atoms with Gasteiger partial charge in [0.25, 0.3) is 0 Å². The number of halogens is 2. The normalized spacial score (nSPS) is 16.1. The summed E-state index contributed by atoms with van der Waals surface area (Å²) < 4.78 is 5.21. The molecule has 5 nitrogen and oxygen atoms in total. The Balaban J connectivity index is 1.56. The van der Waals surface area contributed by atoms with E-state index in [1.54, 1.807) is 25.3 Å². The second-order valence-corrected chi connectivity index (χ2v) is 7.27. The van der Waals surface area contributed by atoms with Crippen LogP contribution in [0.5, 0.6) is 5.75 Å². The van der Waals surface area contributed by atoms with E-state index >= 15 is 0 Å². The van der Waals surface area contributed by atoms with Crippen LogP contribution in [0.1, 0.15) is 6.92 Å². The average Bonchev–Trinajstić information content (AvgIpc) is 2.71. The van der Waals surface area contributed by atoms with Gasteiger partial charge in [0, 0.05) is 31.9 Å². The number of carbonyl (C=O) groups is 1. The third kappa shape index (κ3) is 4.67. The summed E-state index contributed by atoms with van der Waals surface area (Å²) in [7, 11) is 1.66. The van der Waals surface area contributed by atoms with Crippen LogP contribution in [-0.2, 0) is 4.79 Å². The van der Waals surface area contributed by atoms with Crippen LogP contribution in [0.15, 0.2) is 42.5 Å². The van der Waals surface area contributed by atoms with Crippen molar-refractivity contribution in [1.82, 2.24) is 4.90 Å². The minimum absolute atomic E-state index is 0.0861. The van der Waals surface area contributed by atoms with Crippen molar-refractivity contribution in [3.05, 3.63) is 52.5 Å². The summed E-state index contributed by atoms with van der Waals surface area (Å²) in [5.41, 5.74) is 1.70. The molecule has 0 bridgehead atoms. The summed E-state index contributed by atoms with van der Waals surface area (Å²) >= 11 is 12.2. The number of ether oxygens (including phenoxy) is 1. The Labute approximate surface area is 169 Å². The van der Waals surface area contributed by atoms with Gasteiger partial charge in [-0.2, -0.15) is 0 Å². The van der Waals surface area contributed by atoms with Gasteiger partial charge in [-0.3, -0.25) is 9.69 Å². The smallest absolute Gasteiger partial charge is 0.241 e. The molecule has 144 valence electrons. The van der Waals surface area contributed by atoms with Gasteiger partial charge in [0.15, 0.2) is 0 Å². The molecule has 0 aromatic heterocycles. The van der Waals surface area contributed by atoms with Crippen LogP contribution in [0.3, 0.4) is 0 Å². The van der Waals surface area contributed by atoms with E-state index in [1.165, 1.54) is 5.69 Å². The van der Waals surface area contributed by atoms with Gasteiger partial charge in [0.1, 0.15) is 5.75 Å². The number of benzene rings is 2. The predicted octanol–water partition coefficient (Wildman–Crippen LogP) is 4.15. The highest BCUT2D eigenvalue weighted by atomic mass is 35.5. The molecule has 1 aliphatic rings. The Morgan fingerprint density at radius 3 is 2.37 bits per heavy atom. The largest absolute Gasteiger partial charge is 0.497 e. The number of hydrogen-bond donors (Lipinski definition) is 1. The van der Waals surface area contributed by atoms with Crippen LogP contribution in [0.4, 0.5) is 11.4 Å². The number of nitrogens with zero attached hydrogens (tertiary/aromatic N) is 2. The first-order chi connectivity index (χ1) is 13.0. The zero-order valence-corrected chi connectivity index (χ0v) is 16.9. The molecule has 0 radical (unpaired) electrons. The molecule has 1 fully saturated rings. The summed E-state index contributed by atoms with van der Waals surface area (Å²) in [4.78, 5) is 17.1. The Kier molecular flexibility index (Phi) is 6.47. The molecule has 2 aromatic rings. The number of hydrogen-bond acceptors (Lipinski definition) is 4. The molecule has 0 aliphatic carbocycles. The van der Waals surface area contributed by atoms with E-state index in [0.717, 1.165) is 31.9 Å². The summed E-state index contributed by atoms with van der Waals surface area (Å²) in [6.45, 7) is 5.26. The summed E-state index contributed by atoms with van der Waals surface area (Å²) in [5.74, 6) is 0.763. The first-order valence-corrected chi connectivity index (χ1v) is 9.63. The first kappa shape index (κ1) is 19.8. The van der Waals surface area contributed by atoms with E-state index in [1.807, 2.05) is 19.1 Å². The van der Waals surface area contributed by atoms with Gasteiger partial charge < -0.3 is 15.0 Å². The maximum absolute atomic E-state index is 12.6. The second kappa shape index (κ2) is 8.83. The lowest BCUT2D eigenvalue weighted by Gasteiger charge is -2.38. The fourth-order valence-corrected chi connectivity index (χ4v) is 3.51. The van der Waals surface area contributed by atoms with Crippen LogP contribution in [0.2, 0.25) is 10.0 Å². The van der Waals surface area contributed by atoms with Gasteiger partial charge in [-0.05, 0) is 43.3 Å². The highest BCUT2D eigenvalue weighted by Crippen LogP contribution is 2.29. The fourth-order valence-electron chi connectivity index (χ4n) is 3.16. The Bertz CT molecular complexity index is 790. The van der Waals surface area contributed by atoms with E-state index in [-0.39, 0.29) is 11.9 Å². The highest BCUT2D eigenvalue weighted by molar-refractivity contribution is 6.44. The zero-order chi connectivity index (χ0) is 19.4. The predicted molar refractivity (Wildman–Crippen MR) is 111 cm³/mol. The zero-order valence-electron chi connectivity index (χ0n) is 15.4. The van der Waals surface area contributed by atoms with Crippen molar-refractivity contribution >= 4 is 40.5 Å². The number of rotatable bonds is 5. The molecule has 7 heteroatoms. The molecule has 1 atom stereocenters. The Hall–Kier alpha value is -1.95. The summed E-state index contributed by atoms with van der Waals surface area (Å²) in [6.07, 6.45) is 0. The van der Waals surface area contributed by atoms with Crippen molar-refractivity contribution in [3.63, 3.8) is 0 Å². The van der Waals surface area contributed by atoms with Gasteiger partial charge in [-0.1, -0.05) is 29.3 Å². The molecule has 0 unspecified atom stereocenters. The lowest BCUT2D eigenvalue weighted by molar-refractivity contribution is -0.120. The van der Waals surface area contributed by atoms with E-state index in [4.69, 9.17) is 27.9 Å². The molecule has 1 heterocycles. The number of piperazine rings is 1. The molecule has 3 rings (SSSR count). The molecule has 0 saturated carbocycles. The standard InChI is InChI=1S/C20H23Cl2N3O2/c1-14(20(26)23-18-5-3-4-17(21)19(18)22)24-10-12-25(13-11-24)15-6-8-16(27-2)9-7-15/h3-9,14H,10-13H2,1-2H3,(H,23,26)/t14-/m1/s1. The minimum Gasteiger partial charge on any atom is -0.497 e. The molecule has 0 spiro atoms. The Morgan fingerprint density at radius 2 is 1.74 bits per heavy atom. The minimum atomic E-state index is -0.252. The van der Waals surface area contributed by atoms with Crippen LogP contribution in [0, 0.1) is 0 Å². The molecule has 1 N–H and O–H groups in total. The van der Waals surface area contributed by atoms with Crippen molar-refractivity contribution in [3.8, 4) is 5.75 Å². The van der Waals surface area contributed by atoms with E-state index in [2.05, 4.69) is 27.2 Å². The second-order valence-electron chi connectivity index (χ2n) is 6.49. The van der Waals surface area contributed by atoms with Crippen LogP contribution >= 0.6 is 23.2 Å². The molecule has 1 saturated heterocycles. The van der Waals surface area contributed by atoms with Crippen molar-refractivity contribution in [2.24, 2.45) is 0 Å². The topological polar surface area (TPSA) is 44.8 Å².